The van der Waals surface area contributed by atoms with Crippen LogP contribution < -0.4 is 0 Å². The summed E-state index contributed by atoms with van der Waals surface area (Å²) in [6.45, 7) is 0.692. The Hall–Kier alpha value is -2.97. The fraction of sp³-hybridized carbons (Fsp3) is 0.0500. The van der Waals surface area contributed by atoms with E-state index in [9.17, 15) is 0 Å². The van der Waals surface area contributed by atoms with Crippen molar-refractivity contribution in [3.63, 3.8) is 0 Å². The molecule has 0 saturated carbocycles. The van der Waals surface area contributed by atoms with Gasteiger partial charge in [0.15, 0.2) is 0 Å². The second kappa shape index (κ2) is 6.50. The van der Waals surface area contributed by atoms with Gasteiger partial charge in [0.1, 0.15) is 11.3 Å². The zero-order chi connectivity index (χ0) is 17.2. The molecule has 5 heteroatoms. The van der Waals surface area contributed by atoms with Crippen molar-refractivity contribution in [1.29, 1.82) is 5.26 Å². The van der Waals surface area contributed by atoms with Crippen LogP contribution in [0.25, 0.3) is 22.4 Å². The van der Waals surface area contributed by atoms with Crippen LogP contribution in [0.2, 0.25) is 0 Å². The normalized spacial score (nSPS) is 10.7. The fourth-order valence-electron chi connectivity index (χ4n) is 2.85. The lowest BCUT2D eigenvalue weighted by atomic mass is 10.1. The van der Waals surface area contributed by atoms with Crippen LogP contribution in [0.3, 0.4) is 0 Å². The lowest BCUT2D eigenvalue weighted by Crippen LogP contribution is -2.03. The summed E-state index contributed by atoms with van der Waals surface area (Å²) < 4.78 is 3.25. The summed E-state index contributed by atoms with van der Waals surface area (Å²) in [5, 5.41) is 9.01. The van der Waals surface area contributed by atoms with Crippen molar-refractivity contribution < 1.29 is 0 Å². The molecule has 25 heavy (non-hydrogen) atoms. The second-order valence-corrected chi connectivity index (χ2v) is 6.52. The molecule has 0 amide bonds. The van der Waals surface area contributed by atoms with E-state index in [1.807, 2.05) is 48.5 Å². The van der Waals surface area contributed by atoms with E-state index in [-0.39, 0.29) is 0 Å². The molecule has 2 aromatic carbocycles. The molecular formula is C20H13BrN4. The Morgan fingerprint density at radius 2 is 1.84 bits per heavy atom. The van der Waals surface area contributed by atoms with Crippen molar-refractivity contribution in [1.82, 2.24) is 14.5 Å². The molecule has 2 heterocycles. The molecule has 120 valence electrons. The Labute approximate surface area is 153 Å². The molecule has 0 radical (unpaired) electrons. The van der Waals surface area contributed by atoms with Crippen LogP contribution in [0.15, 0.2) is 71.5 Å². The van der Waals surface area contributed by atoms with E-state index >= 15 is 0 Å². The number of hydrogen-bond acceptors (Lipinski definition) is 3. The third kappa shape index (κ3) is 2.92. The van der Waals surface area contributed by atoms with Crippen molar-refractivity contribution in [2.75, 3.05) is 0 Å². The molecular weight excluding hydrogens is 376 g/mol. The number of nitrogens with zero attached hydrogens (tertiary/aromatic N) is 4. The van der Waals surface area contributed by atoms with Gasteiger partial charge in [-0.2, -0.15) is 5.26 Å². The van der Waals surface area contributed by atoms with Crippen molar-refractivity contribution in [3.8, 4) is 17.5 Å². The molecule has 0 aliphatic rings. The van der Waals surface area contributed by atoms with E-state index in [0.29, 0.717) is 12.1 Å². The van der Waals surface area contributed by atoms with Gasteiger partial charge in [0.2, 0.25) is 0 Å². The Morgan fingerprint density at radius 3 is 2.60 bits per heavy atom. The Balaban J connectivity index is 1.89. The van der Waals surface area contributed by atoms with Crippen LogP contribution in [0.5, 0.6) is 0 Å². The van der Waals surface area contributed by atoms with Gasteiger partial charge in [-0.3, -0.25) is 4.98 Å². The highest BCUT2D eigenvalue weighted by Gasteiger charge is 2.14. The monoisotopic (exact) mass is 388 g/mol. The summed E-state index contributed by atoms with van der Waals surface area (Å²) in [5.74, 6) is 0.864. The average Bonchev–Trinajstić information content (AvgIpc) is 3.02. The SMILES string of the molecule is N#Cc1ccc(-c2nc3cnccc3n2Cc2ccccc2Br)cc1. The standard InChI is InChI=1S/C20H13BrN4/c21-17-4-2-1-3-16(17)13-25-19-9-10-23-12-18(19)24-20(25)15-7-5-14(11-22)6-8-15/h1-10,12H,13H2. The van der Waals surface area contributed by atoms with Gasteiger partial charge in [-0.1, -0.05) is 34.1 Å². The van der Waals surface area contributed by atoms with Crippen LogP contribution in [0.4, 0.5) is 0 Å². The van der Waals surface area contributed by atoms with E-state index in [4.69, 9.17) is 10.2 Å². The molecule has 0 aliphatic carbocycles. The molecule has 4 rings (SSSR count). The molecule has 0 unspecified atom stereocenters. The third-order valence-corrected chi connectivity index (χ3v) is 4.88. The maximum absolute atomic E-state index is 9.01. The number of hydrogen-bond donors (Lipinski definition) is 0. The molecule has 0 spiro atoms. The van der Waals surface area contributed by atoms with Crippen LogP contribution in [-0.2, 0) is 6.54 Å². The van der Waals surface area contributed by atoms with E-state index in [1.54, 1.807) is 12.4 Å². The largest absolute Gasteiger partial charge is 0.319 e. The van der Waals surface area contributed by atoms with E-state index in [2.05, 4.69) is 37.6 Å². The molecule has 0 saturated heterocycles. The minimum absolute atomic E-state index is 0.638. The highest BCUT2D eigenvalue weighted by atomic mass is 79.9. The third-order valence-electron chi connectivity index (χ3n) is 4.11. The number of imidazole rings is 1. The van der Waals surface area contributed by atoms with Gasteiger partial charge >= 0.3 is 0 Å². The second-order valence-electron chi connectivity index (χ2n) is 5.67. The van der Waals surface area contributed by atoms with Crippen LogP contribution in [0.1, 0.15) is 11.1 Å². The van der Waals surface area contributed by atoms with E-state index < -0.39 is 0 Å². The maximum atomic E-state index is 9.01. The Kier molecular flexibility index (Phi) is 4.04. The number of rotatable bonds is 3. The van der Waals surface area contributed by atoms with E-state index in [0.717, 1.165) is 26.9 Å². The average molecular weight is 389 g/mol. The summed E-state index contributed by atoms with van der Waals surface area (Å²) in [7, 11) is 0. The van der Waals surface area contributed by atoms with Gasteiger partial charge in [-0.05, 0) is 42.0 Å². The first kappa shape index (κ1) is 15.6. The zero-order valence-electron chi connectivity index (χ0n) is 13.2. The molecule has 0 bridgehead atoms. The van der Waals surface area contributed by atoms with Crippen molar-refractivity contribution in [2.45, 2.75) is 6.54 Å². The number of aromatic nitrogens is 3. The smallest absolute Gasteiger partial charge is 0.141 e. The molecule has 0 N–H and O–H groups in total. The first-order valence-electron chi connectivity index (χ1n) is 7.80. The fourth-order valence-corrected chi connectivity index (χ4v) is 3.26. The summed E-state index contributed by atoms with van der Waals surface area (Å²) in [4.78, 5) is 8.95. The predicted octanol–water partition coefficient (Wildman–Crippen LogP) is 4.78. The van der Waals surface area contributed by atoms with Gasteiger partial charge in [-0.15, -0.1) is 0 Å². The molecule has 4 nitrogen and oxygen atoms in total. The highest BCUT2D eigenvalue weighted by Crippen LogP contribution is 2.27. The Morgan fingerprint density at radius 1 is 1.04 bits per heavy atom. The van der Waals surface area contributed by atoms with Gasteiger partial charge in [0.25, 0.3) is 0 Å². The molecule has 4 aromatic rings. The maximum Gasteiger partial charge on any atom is 0.141 e. The van der Waals surface area contributed by atoms with Crippen molar-refractivity contribution in [3.05, 3.63) is 82.6 Å². The van der Waals surface area contributed by atoms with Crippen molar-refractivity contribution >= 4 is 27.0 Å². The van der Waals surface area contributed by atoms with Gasteiger partial charge < -0.3 is 4.57 Å². The number of halogens is 1. The van der Waals surface area contributed by atoms with Gasteiger partial charge in [0.05, 0.1) is 29.9 Å². The van der Waals surface area contributed by atoms with Gasteiger partial charge in [0, 0.05) is 16.2 Å². The van der Waals surface area contributed by atoms with Crippen LogP contribution in [0, 0.1) is 11.3 Å². The first-order chi connectivity index (χ1) is 12.3. The summed E-state index contributed by atoms with van der Waals surface area (Å²) in [6, 6.07) is 19.8. The summed E-state index contributed by atoms with van der Waals surface area (Å²) in [6.07, 6.45) is 3.56. The molecule has 0 fully saturated rings. The minimum atomic E-state index is 0.638. The summed E-state index contributed by atoms with van der Waals surface area (Å²) >= 11 is 3.62. The number of fused-ring (bicyclic) bond motifs is 1. The molecule has 0 aliphatic heterocycles. The van der Waals surface area contributed by atoms with Crippen LogP contribution >= 0.6 is 15.9 Å². The highest BCUT2D eigenvalue weighted by molar-refractivity contribution is 9.10. The first-order valence-corrected chi connectivity index (χ1v) is 8.60. The molecule has 2 aromatic heterocycles. The lowest BCUT2D eigenvalue weighted by Gasteiger charge is -2.11. The minimum Gasteiger partial charge on any atom is -0.319 e. The van der Waals surface area contributed by atoms with Crippen LogP contribution in [-0.4, -0.2) is 14.5 Å². The summed E-state index contributed by atoms with van der Waals surface area (Å²) in [5.41, 5.74) is 4.67. The molecule has 0 atom stereocenters. The number of benzene rings is 2. The van der Waals surface area contributed by atoms with Crippen molar-refractivity contribution in [2.24, 2.45) is 0 Å². The zero-order valence-corrected chi connectivity index (χ0v) is 14.8. The number of pyridine rings is 1. The number of nitriles is 1. The van der Waals surface area contributed by atoms with E-state index in [1.165, 1.54) is 5.56 Å². The lowest BCUT2D eigenvalue weighted by molar-refractivity contribution is 0.830. The van der Waals surface area contributed by atoms with Gasteiger partial charge in [-0.25, -0.2) is 4.98 Å². The Bertz CT molecular complexity index is 1090. The predicted molar refractivity (Wildman–Crippen MR) is 101 cm³/mol. The topological polar surface area (TPSA) is 54.5 Å². The quantitative estimate of drug-likeness (QED) is 0.507.